The van der Waals surface area contributed by atoms with Gasteiger partial charge in [0.05, 0.1) is 87.1 Å². The molecular weight excluding hydrogens is 1460 g/mol. The predicted molar refractivity (Wildman–Crippen MR) is 332 cm³/mol. The van der Waals surface area contributed by atoms with Crippen molar-refractivity contribution in [2.24, 2.45) is 0 Å². The first-order valence-electron chi connectivity index (χ1n) is 27.5. The van der Waals surface area contributed by atoms with E-state index in [2.05, 4.69) is 39.3 Å². The molecule has 11 aromatic rings. The molecule has 3 saturated carbocycles. The Hall–Kier alpha value is -9.05. The number of Topliss-reactive ketones (excluding diaryl/α,β-unsaturated/α-hetero) is 1. The number of H-pyrrole nitrogens is 2. The van der Waals surface area contributed by atoms with Crippen molar-refractivity contribution in [1.82, 2.24) is 48.9 Å². The molecular formula is C58H36Cl7F9N12O11. The molecule has 5 heterocycles. The largest absolute Gasteiger partial charge is 0.454 e. The zero-order valence-electron chi connectivity index (χ0n) is 48.0. The Kier molecular flexibility index (Phi) is 18.6. The number of hydrogen-bond donors (Lipinski definition) is 3. The summed E-state index contributed by atoms with van der Waals surface area (Å²) >= 11 is 41.7. The highest BCUT2D eigenvalue weighted by atomic mass is 35.5. The number of ether oxygens (including phenoxy) is 3. The standard InChI is InChI=1S/C21H13Cl2F3N4O4.C17H10Cl2F3N3O3.C17H12Cl2F3N3O.C3HClN2O3/c22-12-5-10(7-16(31)18-28-19(32)34-29-18)6-13(23)17(12)33-11-1-2-14-15(8-11)30(9-27-14)20(3-4-20)21(24,25)26;18-11-5-9(25(26)27)6-12(19)15(11)28-10-1-2-13-14(7-10)24(8-23-13)16(3-4-16)17(20,21)22;18-11-5-9(23)6-12(19)15(11)26-10-1-2-13-14(7-10)25(8-24-13)16(3-4-16)17(20,21)22;4-1(7)2-5-3(8)9-6-2/h1-2,5-6,8-9H,3-4,7H2,(H,28,29,32);1-2,5-8H,3-4H2;1-2,5-8H,3-4,23H2;(H,5,6,8). The van der Waals surface area contributed by atoms with E-state index in [1.807, 2.05) is 4.98 Å². The first kappa shape index (κ1) is 69.3. The molecule has 3 aliphatic carbocycles. The number of imidazole rings is 3. The Morgan fingerprint density at radius 3 is 1.13 bits per heavy atom. The first-order chi connectivity index (χ1) is 45.6. The monoisotopic (exact) mass is 1490 g/mol. The number of carbonyl (C=O) groups excluding carboxylic acids is 2. The van der Waals surface area contributed by atoms with Crippen molar-refractivity contribution in [3.63, 3.8) is 0 Å². The first-order valence-corrected chi connectivity index (χ1v) is 30.1. The fraction of sp³-hybridized carbons (Fsp3) is 0.224. The molecule has 39 heteroatoms. The van der Waals surface area contributed by atoms with Crippen molar-refractivity contribution in [2.45, 2.75) is 80.1 Å². The van der Waals surface area contributed by atoms with Crippen molar-refractivity contribution in [3.8, 4) is 34.5 Å². The van der Waals surface area contributed by atoms with Crippen molar-refractivity contribution in [3.05, 3.63) is 189 Å². The summed E-state index contributed by atoms with van der Waals surface area (Å²) in [4.78, 5) is 70.0. The summed E-state index contributed by atoms with van der Waals surface area (Å²) in [5.41, 5.74) is 2.40. The van der Waals surface area contributed by atoms with Gasteiger partial charge in [-0.25, -0.2) is 24.5 Å². The topological polar surface area (TPSA) is 302 Å². The van der Waals surface area contributed by atoms with Gasteiger partial charge in [-0.15, -0.1) is 0 Å². The molecule has 0 radical (unpaired) electrons. The molecule has 0 saturated heterocycles. The minimum atomic E-state index is -4.41. The number of ketones is 1. The number of non-ortho nitro benzene ring substituents is 1. The van der Waals surface area contributed by atoms with Crippen molar-refractivity contribution in [1.29, 1.82) is 0 Å². The second-order valence-corrected chi connectivity index (χ2v) is 24.4. The molecule has 4 N–H and O–H groups in total. The maximum atomic E-state index is 13.6. The highest BCUT2D eigenvalue weighted by molar-refractivity contribution is 6.67. The van der Waals surface area contributed by atoms with E-state index >= 15 is 0 Å². The number of nitrogens with one attached hydrogen (secondary N) is 2. The number of nitrogens with zero attached hydrogens (tertiary/aromatic N) is 9. The number of nitrogens with two attached hydrogens (primary N) is 1. The number of alkyl halides is 9. The van der Waals surface area contributed by atoms with Gasteiger partial charge in [0.2, 0.25) is 17.4 Å². The lowest BCUT2D eigenvalue weighted by Gasteiger charge is -2.21. The summed E-state index contributed by atoms with van der Waals surface area (Å²) in [5, 5.41) is 16.7. The predicted octanol–water partition coefficient (Wildman–Crippen LogP) is 16.9. The van der Waals surface area contributed by atoms with Gasteiger partial charge < -0.3 is 33.6 Å². The van der Waals surface area contributed by atoms with Gasteiger partial charge >= 0.3 is 30.0 Å². The highest BCUT2D eigenvalue weighted by Gasteiger charge is 2.67. The van der Waals surface area contributed by atoms with Crippen LogP contribution in [-0.4, -0.2) is 83.4 Å². The summed E-state index contributed by atoms with van der Waals surface area (Å²) in [6.07, 6.45) is -9.78. The van der Waals surface area contributed by atoms with Crippen LogP contribution in [0, 0.1) is 10.1 Å². The van der Waals surface area contributed by atoms with E-state index in [4.69, 9.17) is 101 Å². The summed E-state index contributed by atoms with van der Waals surface area (Å²) in [5.74, 6) is -1.79. The molecule has 97 heavy (non-hydrogen) atoms. The number of hydrogen-bond acceptors (Lipinski definition) is 17. The second kappa shape index (κ2) is 26.1. The van der Waals surface area contributed by atoms with Crippen LogP contribution in [0.2, 0.25) is 30.1 Å². The van der Waals surface area contributed by atoms with Gasteiger partial charge in [0.1, 0.15) is 33.9 Å². The van der Waals surface area contributed by atoms with E-state index in [-0.39, 0.29) is 132 Å². The van der Waals surface area contributed by atoms with Crippen LogP contribution in [0.15, 0.2) is 129 Å². The Balaban J connectivity index is 0.000000139. The average Bonchev–Trinajstić information content (AvgIpc) is 1.58. The fourth-order valence-electron chi connectivity index (χ4n) is 10.0. The smallest absolute Gasteiger partial charge is 0.439 e. The normalized spacial score (nSPS) is 14.9. The Morgan fingerprint density at radius 1 is 0.536 bits per heavy atom. The average molecular weight is 1500 g/mol. The van der Waals surface area contributed by atoms with E-state index in [0.717, 1.165) is 21.3 Å². The van der Waals surface area contributed by atoms with E-state index in [9.17, 15) is 68.8 Å². The van der Waals surface area contributed by atoms with E-state index < -0.39 is 62.6 Å². The van der Waals surface area contributed by atoms with Crippen LogP contribution in [0.4, 0.5) is 50.9 Å². The van der Waals surface area contributed by atoms with Crippen molar-refractivity contribution >= 4 is 137 Å². The van der Waals surface area contributed by atoms with Crippen LogP contribution >= 0.6 is 81.2 Å². The maximum absolute atomic E-state index is 13.6. The molecule has 6 aromatic carbocycles. The number of nitro groups is 1. The van der Waals surface area contributed by atoms with Gasteiger partial charge in [-0.1, -0.05) is 79.9 Å². The van der Waals surface area contributed by atoms with Gasteiger partial charge in [-0.3, -0.25) is 38.7 Å². The molecule has 0 amide bonds. The van der Waals surface area contributed by atoms with Gasteiger partial charge in [0, 0.05) is 42.4 Å². The molecule has 5 aromatic heterocycles. The van der Waals surface area contributed by atoms with Crippen molar-refractivity contribution in [2.75, 3.05) is 5.73 Å². The number of rotatable bonds is 14. The number of aromatic nitrogens is 10. The lowest BCUT2D eigenvalue weighted by atomic mass is 10.1. The Morgan fingerprint density at radius 2 is 0.856 bits per heavy atom. The van der Waals surface area contributed by atoms with Crippen LogP contribution in [0.25, 0.3) is 33.1 Å². The van der Waals surface area contributed by atoms with E-state index in [1.165, 1.54) is 84.2 Å². The third kappa shape index (κ3) is 14.1. The lowest BCUT2D eigenvalue weighted by molar-refractivity contribution is -0.384. The van der Waals surface area contributed by atoms with Gasteiger partial charge in [-0.05, 0) is 116 Å². The summed E-state index contributed by atoms with van der Waals surface area (Å²) in [7, 11) is 0. The molecule has 0 spiro atoms. The molecule has 14 rings (SSSR count). The van der Waals surface area contributed by atoms with Gasteiger partial charge in [0.15, 0.2) is 17.2 Å². The molecule has 0 bridgehead atoms. The molecule has 0 atom stereocenters. The SMILES string of the molecule is Nc1cc(Cl)c(Oc2ccc3ncn(C4(C(F)(F)F)CC4)c3c2)c(Cl)c1.O=C(Cc1cc(Cl)c(Oc2ccc3ncn(C4(C(F)(F)F)CC4)c3c2)c(Cl)c1)c1noc(=O)[nH]1.O=C(Cl)c1noc(=O)[nH]1.O=[N+]([O-])c1cc(Cl)c(Oc2ccc3ncn(C4(C(F)(F)F)CC4)c3c2)c(Cl)c1. The molecule has 506 valence electrons. The van der Waals surface area contributed by atoms with Crippen LogP contribution in [0.5, 0.6) is 34.5 Å². The van der Waals surface area contributed by atoms with Crippen molar-refractivity contribution < 1.29 is 77.3 Å². The summed E-state index contributed by atoms with van der Waals surface area (Å²) < 4.78 is 150. The Labute approximate surface area is 568 Å². The zero-order valence-corrected chi connectivity index (χ0v) is 53.3. The maximum Gasteiger partial charge on any atom is 0.439 e. The third-order valence-electron chi connectivity index (χ3n) is 15.3. The van der Waals surface area contributed by atoms with Gasteiger partial charge in [0.25, 0.3) is 10.9 Å². The molecule has 3 aliphatic rings. The summed E-state index contributed by atoms with van der Waals surface area (Å²) in [6.45, 7) is 0. The second-order valence-electron chi connectivity index (χ2n) is 21.6. The number of fused-ring (bicyclic) bond motifs is 3. The third-order valence-corrected chi connectivity index (χ3v) is 17.2. The number of nitrogen functional groups attached to an aromatic ring is 1. The quantitative estimate of drug-likeness (QED) is 0.0227. The van der Waals surface area contributed by atoms with Crippen LogP contribution in [0.1, 0.15) is 65.3 Å². The number of nitro benzene ring substituents is 1. The Bertz CT molecular complexity index is 4980. The lowest BCUT2D eigenvalue weighted by Crippen LogP contribution is -2.34. The molecule has 0 unspecified atom stereocenters. The number of carbonyl (C=O) groups is 2. The molecule has 3 fully saturated rings. The number of halogens is 16. The van der Waals surface area contributed by atoms with Crippen LogP contribution in [-0.2, 0) is 23.0 Å². The van der Waals surface area contributed by atoms with Crippen LogP contribution < -0.4 is 31.5 Å². The number of aromatic amines is 2. The van der Waals surface area contributed by atoms with E-state index in [0.29, 0.717) is 39.1 Å². The summed E-state index contributed by atoms with van der Waals surface area (Å²) in [6, 6.07) is 21.6. The zero-order chi connectivity index (χ0) is 70.1. The highest BCUT2D eigenvalue weighted by Crippen LogP contribution is 2.59. The fourth-order valence-corrected chi connectivity index (χ4v) is 11.9. The number of benzene rings is 6. The van der Waals surface area contributed by atoms with Crippen LogP contribution in [0.3, 0.4) is 0 Å². The molecule has 23 nitrogen and oxygen atoms in total. The van der Waals surface area contributed by atoms with Gasteiger partial charge in [-0.2, -0.15) is 39.5 Å². The van der Waals surface area contributed by atoms with E-state index in [1.54, 1.807) is 18.2 Å². The minimum Gasteiger partial charge on any atom is -0.454 e. The minimum absolute atomic E-state index is 0.0207. The number of anilines is 1. The molecule has 0 aliphatic heterocycles.